The average molecular weight is 311 g/mol. The Morgan fingerprint density at radius 1 is 1.18 bits per heavy atom. The molecular formula is C16H33N5O. The fraction of sp³-hybridized carbons (Fsp3) is 0.875. The lowest BCUT2D eigenvalue weighted by Crippen LogP contribution is -2.53. The van der Waals surface area contributed by atoms with Crippen molar-refractivity contribution in [2.45, 2.75) is 27.7 Å². The minimum absolute atomic E-state index is 0.144. The second-order valence-electron chi connectivity index (χ2n) is 7.07. The van der Waals surface area contributed by atoms with Crippen molar-refractivity contribution in [1.82, 2.24) is 20.0 Å². The van der Waals surface area contributed by atoms with E-state index in [1.165, 1.54) is 0 Å². The average Bonchev–Trinajstić information content (AvgIpc) is 2.42. The van der Waals surface area contributed by atoms with Gasteiger partial charge in [0.1, 0.15) is 0 Å². The monoisotopic (exact) mass is 311 g/mol. The van der Waals surface area contributed by atoms with Crippen molar-refractivity contribution >= 4 is 11.9 Å². The zero-order valence-electron chi connectivity index (χ0n) is 15.1. The topological polar surface area (TPSA) is 51.2 Å². The summed E-state index contributed by atoms with van der Waals surface area (Å²) in [5, 5.41) is 3.38. The minimum atomic E-state index is 0.144. The molecule has 0 unspecified atom stereocenters. The second kappa shape index (κ2) is 8.36. The summed E-state index contributed by atoms with van der Waals surface area (Å²) in [4.78, 5) is 22.6. The zero-order chi connectivity index (χ0) is 16.8. The van der Waals surface area contributed by atoms with Gasteiger partial charge in [0.15, 0.2) is 5.96 Å². The van der Waals surface area contributed by atoms with Crippen LogP contribution in [0.2, 0.25) is 0 Å². The summed E-state index contributed by atoms with van der Waals surface area (Å²) < 4.78 is 0. The van der Waals surface area contributed by atoms with E-state index >= 15 is 0 Å². The van der Waals surface area contributed by atoms with Gasteiger partial charge in [0.25, 0.3) is 0 Å². The van der Waals surface area contributed by atoms with E-state index < -0.39 is 0 Å². The molecule has 1 rings (SSSR count). The third-order valence-corrected chi connectivity index (χ3v) is 3.76. The predicted octanol–water partition coefficient (Wildman–Crippen LogP) is 0.704. The number of nitrogens with zero attached hydrogens (tertiary/aromatic N) is 4. The van der Waals surface area contributed by atoms with Crippen molar-refractivity contribution in [3.05, 3.63) is 0 Å². The van der Waals surface area contributed by atoms with Gasteiger partial charge in [-0.15, -0.1) is 0 Å². The van der Waals surface area contributed by atoms with Crippen LogP contribution >= 0.6 is 0 Å². The maximum atomic E-state index is 11.4. The largest absolute Gasteiger partial charge is 0.357 e. The smallest absolute Gasteiger partial charge is 0.219 e. The Balaban J connectivity index is 2.65. The van der Waals surface area contributed by atoms with Gasteiger partial charge in [-0.1, -0.05) is 13.8 Å². The summed E-state index contributed by atoms with van der Waals surface area (Å²) in [5.41, 5.74) is 0.144. The molecule has 0 bridgehead atoms. The molecule has 0 spiro atoms. The van der Waals surface area contributed by atoms with Gasteiger partial charge >= 0.3 is 0 Å². The van der Waals surface area contributed by atoms with E-state index in [0.29, 0.717) is 0 Å². The summed E-state index contributed by atoms with van der Waals surface area (Å²) in [6.45, 7) is 14.1. The maximum Gasteiger partial charge on any atom is 0.219 e. The highest BCUT2D eigenvalue weighted by Gasteiger charge is 2.23. The molecule has 1 aliphatic rings. The molecule has 0 atom stereocenters. The van der Waals surface area contributed by atoms with Gasteiger partial charge in [-0.2, -0.15) is 0 Å². The molecule has 0 aliphatic carbocycles. The molecule has 0 aromatic carbocycles. The van der Waals surface area contributed by atoms with Gasteiger partial charge in [-0.25, -0.2) is 0 Å². The van der Waals surface area contributed by atoms with Crippen LogP contribution < -0.4 is 5.32 Å². The first-order valence-corrected chi connectivity index (χ1v) is 8.18. The fourth-order valence-electron chi connectivity index (χ4n) is 2.85. The Hall–Kier alpha value is -1.30. The van der Waals surface area contributed by atoms with Gasteiger partial charge in [0, 0.05) is 52.7 Å². The van der Waals surface area contributed by atoms with E-state index in [0.717, 1.165) is 51.8 Å². The standard InChI is InChI=1S/C16H33N5O/c1-7-17-15(18-12-16(3,4)13-19(5)6)21-10-8-20(9-11-21)14(2)22/h7-13H2,1-6H3,(H,17,18). The lowest BCUT2D eigenvalue weighted by Gasteiger charge is -2.36. The molecule has 1 heterocycles. The van der Waals surface area contributed by atoms with E-state index in [2.05, 4.69) is 50.0 Å². The Labute approximate surface area is 135 Å². The number of hydrogen-bond acceptors (Lipinski definition) is 3. The summed E-state index contributed by atoms with van der Waals surface area (Å²) in [7, 11) is 4.19. The summed E-state index contributed by atoms with van der Waals surface area (Å²) in [5.74, 6) is 1.13. The van der Waals surface area contributed by atoms with Gasteiger partial charge in [0.05, 0.1) is 0 Å². The van der Waals surface area contributed by atoms with Gasteiger partial charge in [-0.3, -0.25) is 9.79 Å². The predicted molar refractivity (Wildman–Crippen MR) is 92.1 cm³/mol. The van der Waals surface area contributed by atoms with Crippen LogP contribution in [0.15, 0.2) is 4.99 Å². The van der Waals surface area contributed by atoms with Gasteiger partial charge < -0.3 is 20.0 Å². The van der Waals surface area contributed by atoms with Crippen LogP contribution in [0.4, 0.5) is 0 Å². The first kappa shape index (κ1) is 18.7. The zero-order valence-corrected chi connectivity index (χ0v) is 15.1. The van der Waals surface area contributed by atoms with Crippen LogP contribution in [0.5, 0.6) is 0 Å². The number of carbonyl (C=O) groups excluding carboxylic acids is 1. The molecular weight excluding hydrogens is 278 g/mol. The fourth-order valence-corrected chi connectivity index (χ4v) is 2.85. The van der Waals surface area contributed by atoms with Gasteiger partial charge in [-0.05, 0) is 26.4 Å². The van der Waals surface area contributed by atoms with Crippen LogP contribution in [0.25, 0.3) is 0 Å². The lowest BCUT2D eigenvalue weighted by atomic mass is 9.93. The highest BCUT2D eigenvalue weighted by Crippen LogP contribution is 2.16. The van der Waals surface area contributed by atoms with E-state index in [1.54, 1.807) is 6.92 Å². The first-order valence-electron chi connectivity index (χ1n) is 8.18. The molecule has 0 radical (unpaired) electrons. The minimum Gasteiger partial charge on any atom is -0.357 e. The van der Waals surface area contributed by atoms with Crippen LogP contribution in [0, 0.1) is 5.41 Å². The van der Waals surface area contributed by atoms with Crippen molar-refractivity contribution in [3.8, 4) is 0 Å². The molecule has 1 aliphatic heterocycles. The summed E-state index contributed by atoms with van der Waals surface area (Å²) in [6.07, 6.45) is 0. The van der Waals surface area contributed by atoms with Gasteiger partial charge in [0.2, 0.25) is 5.91 Å². The third-order valence-electron chi connectivity index (χ3n) is 3.76. The highest BCUT2D eigenvalue weighted by molar-refractivity contribution is 5.80. The van der Waals surface area contributed by atoms with Crippen molar-refractivity contribution in [2.75, 3.05) is 59.9 Å². The summed E-state index contributed by atoms with van der Waals surface area (Å²) in [6, 6.07) is 0. The molecule has 128 valence electrons. The second-order valence-corrected chi connectivity index (χ2v) is 7.07. The van der Waals surface area contributed by atoms with Crippen LogP contribution in [0.1, 0.15) is 27.7 Å². The van der Waals surface area contributed by atoms with Crippen molar-refractivity contribution in [1.29, 1.82) is 0 Å². The number of amides is 1. The normalized spacial score (nSPS) is 17.1. The van der Waals surface area contributed by atoms with E-state index in [9.17, 15) is 4.79 Å². The molecule has 0 aromatic rings. The number of hydrogen-bond donors (Lipinski definition) is 1. The first-order chi connectivity index (χ1) is 10.2. The third kappa shape index (κ3) is 6.22. The SMILES string of the molecule is CCNC(=NCC(C)(C)CN(C)C)N1CCN(C(C)=O)CC1. The number of nitrogens with one attached hydrogen (secondary N) is 1. The molecule has 1 saturated heterocycles. The molecule has 1 amide bonds. The number of rotatable bonds is 5. The van der Waals surface area contributed by atoms with Crippen molar-refractivity contribution < 1.29 is 4.79 Å². The molecule has 6 heteroatoms. The van der Waals surface area contributed by atoms with E-state index in [1.807, 2.05) is 4.90 Å². The van der Waals surface area contributed by atoms with E-state index in [4.69, 9.17) is 4.99 Å². The Morgan fingerprint density at radius 3 is 2.18 bits per heavy atom. The Kier molecular flexibility index (Phi) is 7.13. The molecule has 0 saturated carbocycles. The van der Waals surface area contributed by atoms with Crippen LogP contribution in [0.3, 0.4) is 0 Å². The number of carbonyl (C=O) groups is 1. The molecule has 0 aromatic heterocycles. The Morgan fingerprint density at radius 2 is 1.73 bits per heavy atom. The molecule has 6 nitrogen and oxygen atoms in total. The molecule has 1 fully saturated rings. The van der Waals surface area contributed by atoms with Crippen LogP contribution in [-0.2, 0) is 4.79 Å². The molecule has 22 heavy (non-hydrogen) atoms. The maximum absolute atomic E-state index is 11.4. The van der Waals surface area contributed by atoms with Crippen LogP contribution in [-0.4, -0.2) is 86.5 Å². The van der Waals surface area contributed by atoms with E-state index in [-0.39, 0.29) is 11.3 Å². The Bertz CT molecular complexity index is 384. The number of guanidine groups is 1. The number of piperazine rings is 1. The van der Waals surface area contributed by atoms with Crippen molar-refractivity contribution in [3.63, 3.8) is 0 Å². The highest BCUT2D eigenvalue weighted by atomic mass is 16.2. The quantitative estimate of drug-likeness (QED) is 0.600. The summed E-state index contributed by atoms with van der Waals surface area (Å²) >= 11 is 0. The lowest BCUT2D eigenvalue weighted by molar-refractivity contribution is -0.130. The van der Waals surface area contributed by atoms with Crippen molar-refractivity contribution in [2.24, 2.45) is 10.4 Å². The molecule has 1 N–H and O–H groups in total. The number of aliphatic imine (C=N–C) groups is 1.